The molecule has 5 nitrogen and oxygen atoms in total. The highest BCUT2D eigenvalue weighted by molar-refractivity contribution is 5.68. The summed E-state index contributed by atoms with van der Waals surface area (Å²) in [6.07, 6.45) is 7.20. The van der Waals surface area contributed by atoms with Crippen LogP contribution in [0.2, 0.25) is 0 Å². The fourth-order valence-corrected chi connectivity index (χ4v) is 2.98. The fraction of sp³-hybridized carbons (Fsp3) is 0.944. The molecule has 2 rings (SSSR count). The van der Waals surface area contributed by atoms with Crippen LogP contribution in [0.4, 0.5) is 4.79 Å². The van der Waals surface area contributed by atoms with Crippen molar-refractivity contribution in [3.05, 3.63) is 0 Å². The molecule has 0 radical (unpaired) electrons. The van der Waals surface area contributed by atoms with Crippen LogP contribution < -0.4 is 5.32 Å². The maximum Gasteiger partial charge on any atom is 0.410 e. The van der Waals surface area contributed by atoms with Crippen LogP contribution >= 0.6 is 0 Å². The van der Waals surface area contributed by atoms with Gasteiger partial charge in [-0.1, -0.05) is 6.42 Å². The lowest BCUT2D eigenvalue weighted by Gasteiger charge is -2.33. The van der Waals surface area contributed by atoms with E-state index in [0.717, 1.165) is 51.4 Å². The number of nitrogens with zero attached hydrogens (tertiary/aromatic N) is 1. The summed E-state index contributed by atoms with van der Waals surface area (Å²) in [6.45, 7) is 10.2. The van der Waals surface area contributed by atoms with Gasteiger partial charge in [0.15, 0.2) is 0 Å². The molecule has 0 bridgehead atoms. The quantitative estimate of drug-likeness (QED) is 0.730. The van der Waals surface area contributed by atoms with Crippen molar-refractivity contribution in [1.82, 2.24) is 10.2 Å². The first-order chi connectivity index (χ1) is 10.9. The molecule has 0 unspecified atom stereocenters. The Bertz CT molecular complexity index is 356. The van der Waals surface area contributed by atoms with E-state index in [4.69, 9.17) is 9.47 Å². The summed E-state index contributed by atoms with van der Waals surface area (Å²) in [7, 11) is 0. The maximum absolute atomic E-state index is 12.0. The largest absolute Gasteiger partial charge is 0.444 e. The number of amides is 1. The van der Waals surface area contributed by atoms with Crippen molar-refractivity contribution in [2.24, 2.45) is 5.92 Å². The Labute approximate surface area is 141 Å². The summed E-state index contributed by atoms with van der Waals surface area (Å²) in [5, 5.41) is 3.52. The van der Waals surface area contributed by atoms with Crippen molar-refractivity contribution in [2.45, 2.75) is 71.0 Å². The molecule has 1 heterocycles. The highest BCUT2D eigenvalue weighted by Gasteiger charge is 2.27. The second-order valence-corrected chi connectivity index (χ2v) is 7.89. The zero-order valence-electron chi connectivity index (χ0n) is 15.1. The zero-order chi connectivity index (χ0) is 16.7. The smallest absolute Gasteiger partial charge is 0.410 e. The second-order valence-electron chi connectivity index (χ2n) is 7.89. The van der Waals surface area contributed by atoms with Crippen LogP contribution in [0.25, 0.3) is 0 Å². The van der Waals surface area contributed by atoms with Gasteiger partial charge in [0, 0.05) is 19.7 Å². The molecule has 1 aliphatic heterocycles. The van der Waals surface area contributed by atoms with Gasteiger partial charge in [0.25, 0.3) is 0 Å². The van der Waals surface area contributed by atoms with Crippen molar-refractivity contribution in [1.29, 1.82) is 0 Å². The predicted molar refractivity (Wildman–Crippen MR) is 91.6 cm³/mol. The number of carbonyl (C=O) groups is 1. The van der Waals surface area contributed by atoms with Gasteiger partial charge >= 0.3 is 6.09 Å². The number of carbonyl (C=O) groups excluding carboxylic acids is 1. The van der Waals surface area contributed by atoms with Crippen LogP contribution in [-0.4, -0.2) is 55.5 Å². The Balaban J connectivity index is 1.48. The van der Waals surface area contributed by atoms with Crippen molar-refractivity contribution >= 4 is 6.09 Å². The SMILES string of the molecule is CC(C)(C)OC(=O)N1CCC(OCCCNCC2CCC2)CC1. The summed E-state index contributed by atoms with van der Waals surface area (Å²) in [4.78, 5) is 13.8. The van der Waals surface area contributed by atoms with E-state index in [1.54, 1.807) is 4.90 Å². The topological polar surface area (TPSA) is 50.8 Å². The molecule has 0 aromatic heterocycles. The highest BCUT2D eigenvalue weighted by Crippen LogP contribution is 2.25. The minimum absolute atomic E-state index is 0.198. The van der Waals surface area contributed by atoms with E-state index in [1.807, 2.05) is 20.8 Å². The molecule has 2 aliphatic rings. The third-order valence-corrected chi connectivity index (χ3v) is 4.60. The number of hydrogen-bond donors (Lipinski definition) is 1. The summed E-state index contributed by atoms with van der Waals surface area (Å²) in [5.41, 5.74) is -0.420. The van der Waals surface area contributed by atoms with Gasteiger partial charge in [-0.05, 0) is 71.9 Å². The average molecular weight is 326 g/mol. The van der Waals surface area contributed by atoms with E-state index >= 15 is 0 Å². The van der Waals surface area contributed by atoms with Gasteiger partial charge in [-0.25, -0.2) is 4.79 Å². The van der Waals surface area contributed by atoms with Crippen molar-refractivity contribution in [3.63, 3.8) is 0 Å². The number of ether oxygens (including phenoxy) is 2. The number of nitrogens with one attached hydrogen (secondary N) is 1. The number of hydrogen-bond acceptors (Lipinski definition) is 4. The predicted octanol–water partition coefficient (Wildman–Crippen LogP) is 3.18. The van der Waals surface area contributed by atoms with Gasteiger partial charge in [0.2, 0.25) is 0 Å². The molecule has 1 N–H and O–H groups in total. The van der Waals surface area contributed by atoms with Gasteiger partial charge in [-0.3, -0.25) is 0 Å². The molecule has 1 aliphatic carbocycles. The molecule has 1 saturated heterocycles. The molecular weight excluding hydrogens is 292 g/mol. The fourth-order valence-electron chi connectivity index (χ4n) is 2.98. The molecule has 0 aromatic carbocycles. The molecule has 134 valence electrons. The molecule has 23 heavy (non-hydrogen) atoms. The Morgan fingerprint density at radius 2 is 1.87 bits per heavy atom. The number of rotatable bonds is 7. The van der Waals surface area contributed by atoms with Crippen LogP contribution in [-0.2, 0) is 9.47 Å². The summed E-state index contributed by atoms with van der Waals surface area (Å²) in [6, 6.07) is 0. The standard InChI is InChI=1S/C18H34N2O3/c1-18(2,3)23-17(21)20-11-8-16(9-12-20)22-13-5-10-19-14-15-6-4-7-15/h15-16,19H,4-14H2,1-3H3. The summed E-state index contributed by atoms with van der Waals surface area (Å²) < 4.78 is 11.3. The molecule has 5 heteroatoms. The lowest BCUT2D eigenvalue weighted by atomic mass is 9.85. The van der Waals surface area contributed by atoms with Crippen LogP contribution in [0.15, 0.2) is 0 Å². The maximum atomic E-state index is 12.0. The van der Waals surface area contributed by atoms with Crippen molar-refractivity contribution < 1.29 is 14.3 Å². The van der Waals surface area contributed by atoms with Gasteiger partial charge in [-0.2, -0.15) is 0 Å². The number of piperidine rings is 1. The first-order valence-electron chi connectivity index (χ1n) is 9.24. The zero-order valence-corrected chi connectivity index (χ0v) is 15.1. The lowest BCUT2D eigenvalue weighted by molar-refractivity contribution is -0.0117. The Kier molecular flexibility index (Phi) is 7.15. The van der Waals surface area contributed by atoms with E-state index in [2.05, 4.69) is 5.32 Å². The summed E-state index contributed by atoms with van der Waals surface area (Å²) in [5.74, 6) is 0.924. The van der Waals surface area contributed by atoms with Gasteiger partial charge in [0.05, 0.1) is 6.10 Å². The Hall–Kier alpha value is -0.810. The van der Waals surface area contributed by atoms with E-state index in [0.29, 0.717) is 6.10 Å². The first-order valence-corrected chi connectivity index (χ1v) is 9.24. The highest BCUT2D eigenvalue weighted by atomic mass is 16.6. The minimum Gasteiger partial charge on any atom is -0.444 e. The Morgan fingerprint density at radius 3 is 2.43 bits per heavy atom. The van der Waals surface area contributed by atoms with Crippen LogP contribution in [0.3, 0.4) is 0 Å². The van der Waals surface area contributed by atoms with E-state index < -0.39 is 5.60 Å². The van der Waals surface area contributed by atoms with Crippen LogP contribution in [0.1, 0.15) is 59.3 Å². The molecule has 1 amide bonds. The third-order valence-electron chi connectivity index (χ3n) is 4.60. The van der Waals surface area contributed by atoms with E-state index in [9.17, 15) is 4.79 Å². The molecule has 0 spiro atoms. The van der Waals surface area contributed by atoms with Crippen molar-refractivity contribution in [3.8, 4) is 0 Å². The van der Waals surface area contributed by atoms with E-state index in [-0.39, 0.29) is 6.09 Å². The lowest BCUT2D eigenvalue weighted by Crippen LogP contribution is -2.43. The monoisotopic (exact) mass is 326 g/mol. The molecule has 0 aromatic rings. The number of likely N-dealkylation sites (tertiary alicyclic amines) is 1. The van der Waals surface area contributed by atoms with Gasteiger partial charge < -0.3 is 19.7 Å². The average Bonchev–Trinajstić information content (AvgIpc) is 2.43. The van der Waals surface area contributed by atoms with Gasteiger partial charge in [-0.15, -0.1) is 0 Å². The second kappa shape index (κ2) is 8.88. The third kappa shape index (κ3) is 7.08. The first kappa shape index (κ1) is 18.5. The molecule has 2 fully saturated rings. The van der Waals surface area contributed by atoms with Crippen LogP contribution in [0, 0.1) is 5.92 Å². The van der Waals surface area contributed by atoms with Gasteiger partial charge in [0.1, 0.15) is 5.60 Å². The van der Waals surface area contributed by atoms with Crippen molar-refractivity contribution in [2.75, 3.05) is 32.8 Å². The Morgan fingerprint density at radius 1 is 1.17 bits per heavy atom. The molecular formula is C18H34N2O3. The molecule has 0 atom stereocenters. The normalized spacial score (nSPS) is 20.4. The van der Waals surface area contributed by atoms with Crippen LogP contribution in [0.5, 0.6) is 0 Å². The van der Waals surface area contributed by atoms with E-state index in [1.165, 1.54) is 25.8 Å². The summed E-state index contributed by atoms with van der Waals surface area (Å²) >= 11 is 0. The minimum atomic E-state index is -0.420. The molecule has 1 saturated carbocycles.